The lowest BCUT2D eigenvalue weighted by molar-refractivity contribution is -0.122. The number of likely N-dealkylation sites (tertiary alicyclic amines) is 1. The summed E-state index contributed by atoms with van der Waals surface area (Å²) in [6.45, 7) is 1.71. The second-order valence-corrected chi connectivity index (χ2v) is 8.03. The number of nitrogens with two attached hydrogens (primary N) is 1. The monoisotopic (exact) mass is 341 g/mol. The van der Waals surface area contributed by atoms with Crippen LogP contribution in [0, 0.1) is 0 Å². The fourth-order valence-corrected chi connectivity index (χ4v) is 5.24. The minimum atomic E-state index is -0.196. The predicted octanol–water partition coefficient (Wildman–Crippen LogP) is 2.87. The molecule has 0 saturated carbocycles. The van der Waals surface area contributed by atoms with Crippen molar-refractivity contribution >= 4 is 17.2 Å². The second-order valence-electron chi connectivity index (χ2n) is 6.86. The van der Waals surface area contributed by atoms with E-state index in [0.717, 1.165) is 43.8 Å². The molecular weight excluding hydrogens is 318 g/mol. The Labute approximate surface area is 146 Å². The molecule has 2 atom stereocenters. The number of hydrogen-bond acceptors (Lipinski definition) is 4. The summed E-state index contributed by atoms with van der Waals surface area (Å²) in [5.41, 5.74) is 8.24. The molecular formula is C19H23N3OS. The smallest absolute Gasteiger partial charge is 0.234 e. The van der Waals surface area contributed by atoms with Crippen LogP contribution < -0.4 is 5.73 Å². The largest absolute Gasteiger partial charge is 0.368 e. The Bertz CT molecular complexity index is 727. The highest BCUT2D eigenvalue weighted by Crippen LogP contribution is 2.36. The normalized spacial score (nSPS) is 24.0. The SMILES string of the molecule is NC(=O)C1CCCN1Cc1nc2c(s1)CC(c1ccccc1)CC2. The van der Waals surface area contributed by atoms with Gasteiger partial charge in [0.1, 0.15) is 5.01 Å². The van der Waals surface area contributed by atoms with E-state index in [0.29, 0.717) is 5.92 Å². The highest BCUT2D eigenvalue weighted by Gasteiger charge is 2.30. The Hall–Kier alpha value is -1.72. The van der Waals surface area contributed by atoms with Crippen LogP contribution in [0.1, 0.15) is 46.3 Å². The Morgan fingerprint density at radius 3 is 2.92 bits per heavy atom. The Balaban J connectivity index is 1.48. The molecule has 2 aliphatic rings. The number of hydrogen-bond donors (Lipinski definition) is 1. The van der Waals surface area contributed by atoms with Gasteiger partial charge in [-0.25, -0.2) is 4.98 Å². The Morgan fingerprint density at radius 1 is 1.29 bits per heavy atom. The van der Waals surface area contributed by atoms with Crippen molar-refractivity contribution in [1.29, 1.82) is 0 Å². The first-order chi connectivity index (χ1) is 11.7. The lowest BCUT2D eigenvalue weighted by atomic mass is 9.85. The standard InChI is InChI=1S/C19H23N3OS/c20-19(23)16-7-4-10-22(16)12-18-21-15-9-8-14(11-17(15)24-18)13-5-2-1-3-6-13/h1-3,5-6,14,16H,4,7-12H2,(H2,20,23). The van der Waals surface area contributed by atoms with Crippen molar-refractivity contribution in [1.82, 2.24) is 9.88 Å². The van der Waals surface area contributed by atoms with E-state index in [1.165, 1.54) is 22.6 Å². The van der Waals surface area contributed by atoms with Crippen molar-refractivity contribution in [2.24, 2.45) is 5.73 Å². The van der Waals surface area contributed by atoms with Crippen molar-refractivity contribution in [3.05, 3.63) is 51.5 Å². The number of rotatable bonds is 4. The van der Waals surface area contributed by atoms with Gasteiger partial charge in [0.15, 0.2) is 0 Å². The maximum atomic E-state index is 11.6. The van der Waals surface area contributed by atoms with Gasteiger partial charge in [0.05, 0.1) is 18.3 Å². The topological polar surface area (TPSA) is 59.2 Å². The lowest BCUT2D eigenvalue weighted by Gasteiger charge is -2.21. The van der Waals surface area contributed by atoms with Gasteiger partial charge in [0, 0.05) is 4.88 Å². The lowest BCUT2D eigenvalue weighted by Crippen LogP contribution is -2.39. The van der Waals surface area contributed by atoms with E-state index in [1.807, 2.05) is 11.3 Å². The fourth-order valence-electron chi connectivity index (χ4n) is 4.02. The maximum Gasteiger partial charge on any atom is 0.234 e. The van der Waals surface area contributed by atoms with Crippen molar-refractivity contribution in [3.63, 3.8) is 0 Å². The Morgan fingerprint density at radius 2 is 2.12 bits per heavy atom. The van der Waals surface area contributed by atoms with Crippen LogP contribution in [-0.4, -0.2) is 28.4 Å². The Kier molecular flexibility index (Phi) is 4.37. The first-order valence-corrected chi connectivity index (χ1v) is 9.58. The van der Waals surface area contributed by atoms with Crippen LogP contribution in [0.2, 0.25) is 0 Å². The number of thiazole rings is 1. The van der Waals surface area contributed by atoms with Gasteiger partial charge in [-0.15, -0.1) is 11.3 Å². The molecule has 1 aromatic carbocycles. The molecule has 0 spiro atoms. The number of aromatic nitrogens is 1. The molecule has 4 nitrogen and oxygen atoms in total. The quantitative estimate of drug-likeness (QED) is 0.930. The number of carbonyl (C=O) groups is 1. The molecule has 1 aliphatic heterocycles. The number of aryl methyl sites for hydroxylation is 1. The molecule has 1 saturated heterocycles. The van der Waals surface area contributed by atoms with Crippen molar-refractivity contribution in [2.75, 3.05) is 6.54 Å². The molecule has 1 amide bonds. The fraction of sp³-hybridized carbons (Fsp3) is 0.474. The number of fused-ring (bicyclic) bond motifs is 1. The van der Waals surface area contributed by atoms with Crippen LogP contribution in [-0.2, 0) is 24.2 Å². The van der Waals surface area contributed by atoms with Gasteiger partial charge in [-0.1, -0.05) is 30.3 Å². The highest BCUT2D eigenvalue weighted by atomic mass is 32.1. The van der Waals surface area contributed by atoms with E-state index in [-0.39, 0.29) is 11.9 Å². The van der Waals surface area contributed by atoms with Crippen LogP contribution in [0.5, 0.6) is 0 Å². The van der Waals surface area contributed by atoms with E-state index >= 15 is 0 Å². The van der Waals surface area contributed by atoms with E-state index in [2.05, 4.69) is 35.2 Å². The third-order valence-electron chi connectivity index (χ3n) is 5.29. The molecule has 2 N–H and O–H groups in total. The number of primary amides is 1. The molecule has 5 heteroatoms. The van der Waals surface area contributed by atoms with E-state index in [9.17, 15) is 4.79 Å². The van der Waals surface area contributed by atoms with Crippen LogP contribution in [0.15, 0.2) is 30.3 Å². The van der Waals surface area contributed by atoms with Gasteiger partial charge in [-0.2, -0.15) is 0 Å². The number of carbonyl (C=O) groups excluding carboxylic acids is 1. The molecule has 1 aromatic heterocycles. The first kappa shape index (κ1) is 15.8. The van der Waals surface area contributed by atoms with Crippen molar-refractivity contribution < 1.29 is 4.79 Å². The molecule has 2 unspecified atom stereocenters. The molecule has 4 rings (SSSR count). The number of amides is 1. The van der Waals surface area contributed by atoms with E-state index in [4.69, 9.17) is 10.7 Å². The summed E-state index contributed by atoms with van der Waals surface area (Å²) in [5.74, 6) is 0.412. The summed E-state index contributed by atoms with van der Waals surface area (Å²) < 4.78 is 0. The van der Waals surface area contributed by atoms with Gasteiger partial charge < -0.3 is 5.73 Å². The minimum Gasteiger partial charge on any atom is -0.368 e. The summed E-state index contributed by atoms with van der Waals surface area (Å²) in [5, 5.41) is 1.14. The summed E-state index contributed by atoms with van der Waals surface area (Å²) in [7, 11) is 0. The zero-order chi connectivity index (χ0) is 16.5. The van der Waals surface area contributed by atoms with Crippen LogP contribution in [0.4, 0.5) is 0 Å². The van der Waals surface area contributed by atoms with Gasteiger partial charge in [0.25, 0.3) is 0 Å². The van der Waals surface area contributed by atoms with Gasteiger partial charge in [-0.05, 0) is 50.1 Å². The molecule has 0 radical (unpaired) electrons. The van der Waals surface area contributed by atoms with E-state index < -0.39 is 0 Å². The van der Waals surface area contributed by atoms with Crippen LogP contribution in [0.3, 0.4) is 0 Å². The third kappa shape index (κ3) is 3.10. The maximum absolute atomic E-state index is 11.6. The average molecular weight is 341 g/mol. The van der Waals surface area contributed by atoms with Gasteiger partial charge >= 0.3 is 0 Å². The molecule has 1 fully saturated rings. The molecule has 0 bridgehead atoms. The second kappa shape index (κ2) is 6.65. The predicted molar refractivity (Wildman–Crippen MR) is 95.9 cm³/mol. The van der Waals surface area contributed by atoms with Crippen molar-refractivity contribution in [2.45, 2.75) is 50.6 Å². The van der Waals surface area contributed by atoms with Crippen molar-refractivity contribution in [3.8, 4) is 0 Å². The third-order valence-corrected chi connectivity index (χ3v) is 6.39. The van der Waals surface area contributed by atoms with E-state index in [1.54, 1.807) is 0 Å². The summed E-state index contributed by atoms with van der Waals surface area (Å²) in [6.07, 6.45) is 5.26. The first-order valence-electron chi connectivity index (χ1n) is 8.76. The molecule has 1 aliphatic carbocycles. The molecule has 24 heavy (non-hydrogen) atoms. The summed E-state index contributed by atoms with van der Waals surface area (Å²) in [6, 6.07) is 10.7. The molecule has 2 aromatic rings. The number of benzene rings is 1. The van der Waals surface area contributed by atoms with Gasteiger partial charge in [-0.3, -0.25) is 9.69 Å². The number of nitrogens with zero attached hydrogens (tertiary/aromatic N) is 2. The van der Waals surface area contributed by atoms with Crippen LogP contribution in [0.25, 0.3) is 0 Å². The summed E-state index contributed by atoms with van der Waals surface area (Å²) >= 11 is 1.83. The zero-order valence-electron chi connectivity index (χ0n) is 13.8. The molecule has 2 heterocycles. The zero-order valence-corrected chi connectivity index (χ0v) is 14.6. The van der Waals surface area contributed by atoms with Gasteiger partial charge in [0.2, 0.25) is 5.91 Å². The average Bonchev–Trinajstić information content (AvgIpc) is 3.21. The molecule has 126 valence electrons. The highest BCUT2D eigenvalue weighted by molar-refractivity contribution is 7.11. The van der Waals surface area contributed by atoms with Crippen LogP contribution >= 0.6 is 11.3 Å². The minimum absolute atomic E-state index is 0.108. The summed E-state index contributed by atoms with van der Waals surface area (Å²) in [4.78, 5) is 20.0.